The number of benzene rings is 1. The maximum absolute atomic E-state index is 12.2. The molecule has 1 radical (unpaired) electrons. The van der Waals surface area contributed by atoms with Crippen LogP contribution in [0.3, 0.4) is 0 Å². The summed E-state index contributed by atoms with van der Waals surface area (Å²) in [5.74, 6) is -0.0485. The van der Waals surface area contributed by atoms with E-state index in [9.17, 15) is 4.79 Å². The van der Waals surface area contributed by atoms with Crippen LogP contribution in [0.5, 0.6) is 0 Å². The third-order valence-corrected chi connectivity index (χ3v) is 3.85. The van der Waals surface area contributed by atoms with Gasteiger partial charge in [-0.05, 0) is 25.0 Å². The Morgan fingerprint density at radius 1 is 0.905 bits per heavy atom. The first-order valence-electron chi connectivity index (χ1n) is 8.58. The van der Waals surface area contributed by atoms with Crippen molar-refractivity contribution >= 4 is 5.91 Å². The zero-order valence-corrected chi connectivity index (χ0v) is 13.7. The van der Waals surface area contributed by atoms with Crippen LogP contribution in [-0.2, 0) is 0 Å². The quantitative estimate of drug-likeness (QED) is 0.505. The minimum absolute atomic E-state index is 0.0485. The molecule has 0 heterocycles. The smallest absolute Gasteiger partial charge is 0.267 e. The second kappa shape index (κ2) is 11.4. The average molecular weight is 288 g/mol. The van der Waals surface area contributed by atoms with E-state index in [4.69, 9.17) is 0 Å². The highest BCUT2D eigenvalue weighted by Gasteiger charge is 2.15. The van der Waals surface area contributed by atoms with Crippen LogP contribution in [0.25, 0.3) is 0 Å². The number of carbonyl (C=O) groups excluding carboxylic acids is 1. The fraction of sp³-hybridized carbons (Fsp3) is 0.632. The third-order valence-electron chi connectivity index (χ3n) is 3.85. The minimum Gasteiger partial charge on any atom is -0.267 e. The fourth-order valence-corrected chi connectivity index (χ4v) is 2.53. The van der Waals surface area contributed by atoms with Crippen LogP contribution in [0.4, 0.5) is 0 Å². The third kappa shape index (κ3) is 7.89. The lowest BCUT2D eigenvalue weighted by Gasteiger charge is -2.16. The van der Waals surface area contributed by atoms with E-state index >= 15 is 0 Å². The Morgan fingerprint density at radius 2 is 1.48 bits per heavy atom. The van der Waals surface area contributed by atoms with Gasteiger partial charge in [-0.25, -0.2) is 5.32 Å². The Balaban J connectivity index is 2.44. The van der Waals surface area contributed by atoms with Gasteiger partial charge in [0.05, 0.1) is 6.04 Å². The average Bonchev–Trinajstić information content (AvgIpc) is 2.52. The number of hydrogen-bond donors (Lipinski definition) is 0. The summed E-state index contributed by atoms with van der Waals surface area (Å²) in [6, 6.07) is 9.64. The molecule has 0 aliphatic heterocycles. The molecule has 1 atom stereocenters. The summed E-state index contributed by atoms with van der Waals surface area (Å²) in [6.45, 7) is 4.44. The Morgan fingerprint density at radius 3 is 2.10 bits per heavy atom. The number of nitrogens with zero attached hydrogens (tertiary/aromatic N) is 1. The van der Waals surface area contributed by atoms with E-state index in [0.29, 0.717) is 5.56 Å². The fourth-order valence-electron chi connectivity index (χ4n) is 2.53. The summed E-state index contributed by atoms with van der Waals surface area (Å²) in [5, 5.41) is 4.48. The van der Waals surface area contributed by atoms with Crippen LogP contribution in [0, 0.1) is 0 Å². The van der Waals surface area contributed by atoms with E-state index in [1.165, 1.54) is 44.9 Å². The number of hydrogen-bond acceptors (Lipinski definition) is 1. The Kier molecular flexibility index (Phi) is 9.60. The molecule has 0 aromatic heterocycles. The molecule has 1 amide bonds. The largest absolute Gasteiger partial charge is 0.272 e. The molecule has 0 saturated heterocycles. The summed E-state index contributed by atoms with van der Waals surface area (Å²) in [4.78, 5) is 12.2. The van der Waals surface area contributed by atoms with E-state index in [-0.39, 0.29) is 11.9 Å². The molecule has 21 heavy (non-hydrogen) atoms. The molecule has 0 spiro atoms. The number of unbranched alkanes of at least 4 members (excludes halogenated alkanes) is 5. The van der Waals surface area contributed by atoms with E-state index < -0.39 is 0 Å². The molecular formula is C19H30NO. The summed E-state index contributed by atoms with van der Waals surface area (Å²) in [5.41, 5.74) is 0.714. The molecule has 2 heteroatoms. The molecule has 0 saturated carbocycles. The lowest BCUT2D eigenvalue weighted by Crippen LogP contribution is -2.28. The van der Waals surface area contributed by atoms with Gasteiger partial charge in [-0.3, -0.25) is 4.79 Å². The van der Waals surface area contributed by atoms with Crippen molar-refractivity contribution in [3.63, 3.8) is 0 Å². The van der Waals surface area contributed by atoms with Crippen LogP contribution in [0.2, 0.25) is 0 Å². The maximum atomic E-state index is 12.2. The Labute approximate surface area is 130 Å². The highest BCUT2D eigenvalue weighted by atomic mass is 16.1. The standard InChI is InChI=1S/C19H30NO/c1-3-5-7-12-16-18(15-9-6-4-2)20-19(21)17-13-10-8-11-14-17/h8,10-11,13-14,18H,3-7,9,12,15-16H2,1-2H3. The SMILES string of the molecule is CCCCCCC(CCCCC)[N]C(=O)c1ccccc1. The van der Waals surface area contributed by atoms with Crippen molar-refractivity contribution in [3.05, 3.63) is 35.9 Å². The first-order valence-corrected chi connectivity index (χ1v) is 8.58. The summed E-state index contributed by atoms with van der Waals surface area (Å²) in [6.07, 6.45) is 10.7. The van der Waals surface area contributed by atoms with Gasteiger partial charge in [-0.1, -0.05) is 77.0 Å². The molecule has 1 unspecified atom stereocenters. The number of rotatable bonds is 11. The second-order valence-electron chi connectivity index (χ2n) is 5.80. The van der Waals surface area contributed by atoms with Crippen molar-refractivity contribution in [2.45, 2.75) is 77.7 Å². The van der Waals surface area contributed by atoms with Crippen molar-refractivity contribution < 1.29 is 4.79 Å². The highest BCUT2D eigenvalue weighted by molar-refractivity contribution is 5.94. The molecule has 117 valence electrons. The monoisotopic (exact) mass is 288 g/mol. The van der Waals surface area contributed by atoms with Gasteiger partial charge in [0.25, 0.3) is 5.91 Å². The molecule has 0 aliphatic rings. The highest BCUT2D eigenvalue weighted by Crippen LogP contribution is 2.14. The number of carbonyl (C=O) groups is 1. The van der Waals surface area contributed by atoms with Gasteiger partial charge < -0.3 is 0 Å². The van der Waals surface area contributed by atoms with Crippen molar-refractivity contribution in [1.29, 1.82) is 0 Å². The van der Waals surface area contributed by atoms with Gasteiger partial charge in [0, 0.05) is 5.56 Å². The molecule has 0 bridgehead atoms. The first-order chi connectivity index (χ1) is 10.3. The van der Waals surface area contributed by atoms with E-state index in [1.54, 1.807) is 0 Å². The van der Waals surface area contributed by atoms with E-state index in [0.717, 1.165) is 12.8 Å². The van der Waals surface area contributed by atoms with Gasteiger partial charge in [-0.2, -0.15) is 0 Å². The van der Waals surface area contributed by atoms with Crippen LogP contribution in [0.15, 0.2) is 30.3 Å². The molecule has 0 fully saturated rings. The predicted molar refractivity (Wildman–Crippen MR) is 89.6 cm³/mol. The van der Waals surface area contributed by atoms with Gasteiger partial charge >= 0.3 is 0 Å². The van der Waals surface area contributed by atoms with Crippen LogP contribution >= 0.6 is 0 Å². The lowest BCUT2D eigenvalue weighted by atomic mass is 10.0. The Bertz CT molecular complexity index is 374. The van der Waals surface area contributed by atoms with Crippen LogP contribution in [0.1, 0.15) is 82.0 Å². The molecule has 0 N–H and O–H groups in total. The first kappa shape index (κ1) is 17.7. The minimum atomic E-state index is -0.0485. The van der Waals surface area contributed by atoms with Crippen molar-refractivity contribution in [3.8, 4) is 0 Å². The van der Waals surface area contributed by atoms with E-state index in [2.05, 4.69) is 19.2 Å². The van der Waals surface area contributed by atoms with Crippen LogP contribution in [-0.4, -0.2) is 11.9 Å². The molecule has 1 aromatic carbocycles. The summed E-state index contributed by atoms with van der Waals surface area (Å²) in [7, 11) is 0. The van der Waals surface area contributed by atoms with Gasteiger partial charge in [0.1, 0.15) is 0 Å². The van der Waals surface area contributed by atoms with Crippen molar-refractivity contribution in [2.75, 3.05) is 0 Å². The molecule has 2 nitrogen and oxygen atoms in total. The zero-order valence-electron chi connectivity index (χ0n) is 13.7. The molecule has 1 aromatic rings. The normalized spacial score (nSPS) is 12.1. The number of amides is 1. The summed E-state index contributed by atoms with van der Waals surface area (Å²) < 4.78 is 0. The Hall–Kier alpha value is -1.31. The van der Waals surface area contributed by atoms with E-state index in [1.807, 2.05) is 30.3 Å². The molecular weight excluding hydrogens is 258 g/mol. The topological polar surface area (TPSA) is 31.2 Å². The predicted octanol–water partition coefficient (Wildman–Crippen LogP) is 5.35. The van der Waals surface area contributed by atoms with Gasteiger partial charge in [0.2, 0.25) is 0 Å². The molecule has 0 aliphatic carbocycles. The zero-order chi connectivity index (χ0) is 15.3. The van der Waals surface area contributed by atoms with Gasteiger partial charge in [-0.15, -0.1) is 0 Å². The molecule has 1 rings (SSSR count). The maximum Gasteiger partial charge on any atom is 0.272 e. The summed E-state index contributed by atoms with van der Waals surface area (Å²) >= 11 is 0. The van der Waals surface area contributed by atoms with Crippen molar-refractivity contribution in [2.24, 2.45) is 0 Å². The lowest BCUT2D eigenvalue weighted by molar-refractivity contribution is 0.0925. The van der Waals surface area contributed by atoms with Crippen molar-refractivity contribution in [1.82, 2.24) is 5.32 Å². The second-order valence-corrected chi connectivity index (χ2v) is 5.80. The van der Waals surface area contributed by atoms with Gasteiger partial charge in [0.15, 0.2) is 0 Å². The van der Waals surface area contributed by atoms with Crippen LogP contribution < -0.4 is 5.32 Å².